The number of thiophene rings is 1. The fourth-order valence-electron chi connectivity index (χ4n) is 5.27. The number of piperidine rings is 1. The number of anilines is 1. The zero-order valence-electron chi connectivity index (χ0n) is 18.9. The summed E-state index contributed by atoms with van der Waals surface area (Å²) in [6.45, 7) is 3.45. The van der Waals surface area contributed by atoms with Crippen LogP contribution in [0.2, 0.25) is 0 Å². The van der Waals surface area contributed by atoms with Gasteiger partial charge in [0.25, 0.3) is 5.91 Å². The first-order chi connectivity index (χ1) is 16.0. The van der Waals surface area contributed by atoms with E-state index in [1.54, 1.807) is 0 Å². The molecule has 7 nitrogen and oxygen atoms in total. The first-order valence-electron chi connectivity index (χ1n) is 11.7. The average Bonchev–Trinajstić information content (AvgIpc) is 3.42. The number of carbonyl (C=O) groups is 1. The Morgan fingerprint density at radius 1 is 1.27 bits per heavy atom. The molecule has 1 saturated carbocycles. The summed E-state index contributed by atoms with van der Waals surface area (Å²) >= 11 is 1.40. The van der Waals surface area contributed by atoms with Crippen LogP contribution in [-0.2, 0) is 5.54 Å². The number of aromatic amines is 1. The molecule has 3 heterocycles. The smallest absolute Gasteiger partial charge is 0.262 e. The molecule has 1 aliphatic heterocycles. The van der Waals surface area contributed by atoms with Crippen LogP contribution in [0.25, 0.3) is 10.2 Å². The molecular weight excluding hydrogens is 434 g/mol. The number of aliphatic hydroxyl groups is 1. The lowest BCUT2D eigenvalue weighted by Crippen LogP contribution is -2.47. The fraction of sp³-hybridized carbons (Fsp3) is 0.480. The van der Waals surface area contributed by atoms with E-state index in [4.69, 9.17) is 0 Å². The van der Waals surface area contributed by atoms with Crippen molar-refractivity contribution in [1.29, 1.82) is 5.26 Å². The Balaban J connectivity index is 1.45. The number of aliphatic hydroxyl groups excluding tert-OH is 1. The molecule has 1 aliphatic carbocycles. The van der Waals surface area contributed by atoms with Crippen LogP contribution in [-0.4, -0.2) is 40.4 Å². The molecule has 0 atom stereocenters. The Morgan fingerprint density at radius 2 is 2.03 bits per heavy atom. The number of nitrogens with zero attached hydrogens (tertiary/aromatic N) is 3. The van der Waals surface area contributed by atoms with Crippen molar-refractivity contribution in [3.63, 3.8) is 0 Å². The quantitative estimate of drug-likeness (QED) is 0.533. The van der Waals surface area contributed by atoms with Crippen LogP contribution in [0, 0.1) is 18.3 Å². The summed E-state index contributed by atoms with van der Waals surface area (Å²) in [5, 5.41) is 31.4. The molecule has 8 heteroatoms. The molecule has 172 valence electrons. The van der Waals surface area contributed by atoms with Crippen molar-refractivity contribution in [3.8, 4) is 6.07 Å². The Hall–Kier alpha value is -2.89. The number of nitrogens with one attached hydrogen (secondary N) is 2. The Labute approximate surface area is 197 Å². The molecule has 0 radical (unpaired) electrons. The minimum atomic E-state index is -0.472. The molecular formula is C25H29N5O2S. The van der Waals surface area contributed by atoms with Crippen molar-refractivity contribution in [3.05, 3.63) is 46.0 Å². The van der Waals surface area contributed by atoms with Gasteiger partial charge in [0.15, 0.2) is 0 Å². The van der Waals surface area contributed by atoms with E-state index in [1.165, 1.54) is 11.3 Å². The Bertz CT molecular complexity index is 1210. The molecule has 5 rings (SSSR count). The SMILES string of the molecule is Cc1[nH]nc2sc(C(=O)NC3(c4ccc(N5CCC(O)CC5)c(C#N)c4)CCCCC3)cc12. The number of benzene rings is 1. The van der Waals surface area contributed by atoms with Crippen LogP contribution in [0.15, 0.2) is 24.3 Å². The summed E-state index contributed by atoms with van der Waals surface area (Å²) in [6.07, 6.45) is 6.15. The van der Waals surface area contributed by atoms with E-state index in [1.807, 2.05) is 25.1 Å². The third-order valence-electron chi connectivity index (χ3n) is 7.20. The molecule has 0 spiro atoms. The molecule has 1 amide bonds. The molecule has 0 unspecified atom stereocenters. The monoisotopic (exact) mass is 463 g/mol. The second-order valence-corrected chi connectivity index (χ2v) is 10.4. The van der Waals surface area contributed by atoms with Crippen LogP contribution >= 0.6 is 11.3 Å². The van der Waals surface area contributed by atoms with E-state index in [0.29, 0.717) is 10.4 Å². The van der Waals surface area contributed by atoms with Crippen LogP contribution in [0.3, 0.4) is 0 Å². The van der Waals surface area contributed by atoms with Gasteiger partial charge in [0.1, 0.15) is 10.9 Å². The van der Waals surface area contributed by atoms with Gasteiger partial charge in [-0.2, -0.15) is 10.4 Å². The number of hydrogen-bond donors (Lipinski definition) is 3. The highest BCUT2D eigenvalue weighted by atomic mass is 32.1. The van der Waals surface area contributed by atoms with Crippen molar-refractivity contribution >= 4 is 33.1 Å². The van der Waals surface area contributed by atoms with Crippen LogP contribution < -0.4 is 10.2 Å². The normalized spacial score (nSPS) is 18.9. The average molecular weight is 464 g/mol. The summed E-state index contributed by atoms with van der Waals surface area (Å²) in [6, 6.07) is 10.4. The molecule has 2 aliphatic rings. The first-order valence-corrected chi connectivity index (χ1v) is 12.6. The topological polar surface area (TPSA) is 105 Å². The lowest BCUT2D eigenvalue weighted by molar-refractivity contribution is 0.0870. The largest absolute Gasteiger partial charge is 0.393 e. The number of carbonyl (C=O) groups excluding carboxylic acids is 1. The van der Waals surface area contributed by atoms with Crippen LogP contribution in [0.1, 0.15) is 71.4 Å². The predicted molar refractivity (Wildman–Crippen MR) is 130 cm³/mol. The molecule has 2 fully saturated rings. The molecule has 0 bridgehead atoms. The number of hydrogen-bond acceptors (Lipinski definition) is 6. The van der Waals surface area contributed by atoms with Gasteiger partial charge in [-0.1, -0.05) is 25.3 Å². The van der Waals surface area contributed by atoms with E-state index in [-0.39, 0.29) is 12.0 Å². The summed E-state index contributed by atoms with van der Waals surface area (Å²) in [7, 11) is 0. The minimum Gasteiger partial charge on any atom is -0.393 e. The van der Waals surface area contributed by atoms with Crippen LogP contribution in [0.5, 0.6) is 0 Å². The van der Waals surface area contributed by atoms with Gasteiger partial charge in [0.2, 0.25) is 0 Å². The summed E-state index contributed by atoms with van der Waals surface area (Å²) in [5.74, 6) is -0.0769. The third-order valence-corrected chi connectivity index (χ3v) is 8.23. The van der Waals surface area contributed by atoms with E-state index in [0.717, 1.165) is 85.2 Å². The Kier molecular flexibility index (Phi) is 5.85. The van der Waals surface area contributed by atoms with Gasteiger partial charge in [-0.3, -0.25) is 9.89 Å². The van der Waals surface area contributed by atoms with E-state index in [2.05, 4.69) is 32.5 Å². The van der Waals surface area contributed by atoms with E-state index in [9.17, 15) is 15.2 Å². The summed E-state index contributed by atoms with van der Waals surface area (Å²) in [4.78, 5) is 17.0. The number of nitriles is 1. The van der Waals surface area contributed by atoms with Gasteiger partial charge < -0.3 is 15.3 Å². The number of fused-ring (bicyclic) bond motifs is 1. The zero-order chi connectivity index (χ0) is 23.0. The lowest BCUT2D eigenvalue weighted by atomic mass is 9.76. The van der Waals surface area contributed by atoms with E-state index < -0.39 is 5.54 Å². The van der Waals surface area contributed by atoms with Gasteiger partial charge >= 0.3 is 0 Å². The highest BCUT2D eigenvalue weighted by molar-refractivity contribution is 7.20. The maximum atomic E-state index is 13.3. The number of amides is 1. The van der Waals surface area contributed by atoms with Gasteiger partial charge in [-0.05, 0) is 56.4 Å². The standard InChI is InChI=1S/C25H29N5O2S/c1-16-20-14-22(33-24(20)29-28-16)23(32)27-25(9-3-2-4-10-25)18-5-6-21(17(13-18)15-26)30-11-7-19(31)8-12-30/h5-6,13-14,19,31H,2-4,7-12H2,1H3,(H,27,32)(H,28,29). The second kappa shape index (κ2) is 8.81. The molecule has 3 N–H and O–H groups in total. The Morgan fingerprint density at radius 3 is 2.73 bits per heavy atom. The number of aromatic nitrogens is 2. The highest BCUT2D eigenvalue weighted by Gasteiger charge is 2.37. The van der Waals surface area contributed by atoms with Crippen molar-refractivity contribution in [2.24, 2.45) is 0 Å². The van der Waals surface area contributed by atoms with Gasteiger partial charge in [-0.25, -0.2) is 0 Å². The minimum absolute atomic E-state index is 0.0769. The van der Waals surface area contributed by atoms with Crippen molar-refractivity contribution < 1.29 is 9.90 Å². The zero-order valence-corrected chi connectivity index (χ0v) is 19.7. The van der Waals surface area contributed by atoms with Crippen molar-refractivity contribution in [2.75, 3.05) is 18.0 Å². The van der Waals surface area contributed by atoms with Gasteiger partial charge in [0.05, 0.1) is 27.8 Å². The van der Waals surface area contributed by atoms with Gasteiger partial charge in [-0.15, -0.1) is 11.3 Å². The summed E-state index contributed by atoms with van der Waals surface area (Å²) < 4.78 is 0. The molecule has 1 aromatic carbocycles. The van der Waals surface area contributed by atoms with Gasteiger partial charge in [0, 0.05) is 24.2 Å². The number of H-pyrrole nitrogens is 1. The van der Waals surface area contributed by atoms with Crippen molar-refractivity contribution in [2.45, 2.75) is 63.5 Å². The van der Waals surface area contributed by atoms with Crippen LogP contribution in [0.4, 0.5) is 5.69 Å². The molecule has 2 aromatic heterocycles. The van der Waals surface area contributed by atoms with E-state index >= 15 is 0 Å². The molecule has 33 heavy (non-hydrogen) atoms. The van der Waals surface area contributed by atoms with Crippen molar-refractivity contribution in [1.82, 2.24) is 15.5 Å². The molecule has 1 saturated heterocycles. The predicted octanol–water partition coefficient (Wildman–Crippen LogP) is 4.36. The number of aryl methyl sites for hydroxylation is 1. The summed E-state index contributed by atoms with van der Waals surface area (Å²) in [5.41, 5.74) is 3.05. The third kappa shape index (κ3) is 4.11. The maximum Gasteiger partial charge on any atom is 0.262 e. The number of rotatable bonds is 4. The fourth-order valence-corrected chi connectivity index (χ4v) is 6.21. The lowest BCUT2D eigenvalue weighted by Gasteiger charge is -2.39. The highest BCUT2D eigenvalue weighted by Crippen LogP contribution is 2.40. The second-order valence-electron chi connectivity index (χ2n) is 9.34. The molecule has 3 aromatic rings. The maximum absolute atomic E-state index is 13.3. The first kappa shape index (κ1) is 21.9.